The third kappa shape index (κ3) is 4.83. The average Bonchev–Trinajstić information content (AvgIpc) is 2.86. The molecule has 1 saturated heterocycles. The van der Waals surface area contributed by atoms with Crippen molar-refractivity contribution in [2.45, 2.75) is 77.0 Å². The van der Waals surface area contributed by atoms with E-state index in [4.69, 9.17) is 10.5 Å². The van der Waals surface area contributed by atoms with Crippen LogP contribution in [0.15, 0.2) is 0 Å². The molecule has 0 aromatic heterocycles. The third-order valence-corrected chi connectivity index (χ3v) is 4.83. The van der Waals surface area contributed by atoms with E-state index in [1.54, 1.807) is 0 Å². The van der Waals surface area contributed by atoms with Crippen molar-refractivity contribution in [3.8, 4) is 0 Å². The lowest BCUT2D eigenvalue weighted by Crippen LogP contribution is -2.44. The summed E-state index contributed by atoms with van der Waals surface area (Å²) in [6, 6.07) is 0.306. The summed E-state index contributed by atoms with van der Waals surface area (Å²) in [6.07, 6.45) is 7.86. The van der Waals surface area contributed by atoms with Crippen LogP contribution in [-0.4, -0.2) is 42.1 Å². The fourth-order valence-electron chi connectivity index (χ4n) is 3.57. The highest BCUT2D eigenvalue weighted by atomic mass is 35.5. The van der Waals surface area contributed by atoms with Gasteiger partial charge in [0, 0.05) is 12.6 Å². The van der Waals surface area contributed by atoms with E-state index in [2.05, 4.69) is 6.92 Å². The molecule has 0 radical (unpaired) electrons. The molecule has 0 spiro atoms. The Morgan fingerprint density at radius 3 is 2.52 bits per heavy atom. The Bertz CT molecular complexity index is 321. The molecule has 2 N–H and O–H groups in total. The second-order valence-corrected chi connectivity index (χ2v) is 6.47. The normalized spacial score (nSPS) is 28.2. The van der Waals surface area contributed by atoms with E-state index in [0.717, 1.165) is 32.2 Å². The highest BCUT2D eigenvalue weighted by Gasteiger charge is 2.35. The molecule has 124 valence electrons. The van der Waals surface area contributed by atoms with Crippen molar-refractivity contribution in [1.29, 1.82) is 0 Å². The average molecular weight is 319 g/mol. The van der Waals surface area contributed by atoms with Gasteiger partial charge >= 0.3 is 0 Å². The minimum atomic E-state index is -0.253. The molecule has 3 unspecified atom stereocenters. The van der Waals surface area contributed by atoms with Gasteiger partial charge in [0.1, 0.15) is 6.10 Å². The van der Waals surface area contributed by atoms with Crippen molar-refractivity contribution in [1.82, 2.24) is 4.90 Å². The standard InChI is InChI=1S/C16H30N2O2.ClH/c1-3-15(20-14-7-5-4-6-8-14)16(19)18-11-13(10-17)9-12(18)2;/h12-15H,3-11,17H2,1-2H3;1H. The lowest BCUT2D eigenvalue weighted by atomic mass is 9.97. The van der Waals surface area contributed by atoms with E-state index in [9.17, 15) is 4.79 Å². The Balaban J connectivity index is 0.00000220. The van der Waals surface area contributed by atoms with Crippen molar-refractivity contribution < 1.29 is 9.53 Å². The minimum absolute atomic E-state index is 0. The molecule has 1 heterocycles. The predicted octanol–water partition coefficient (Wildman–Crippen LogP) is 2.73. The molecule has 5 heteroatoms. The van der Waals surface area contributed by atoms with Gasteiger partial charge < -0.3 is 15.4 Å². The van der Waals surface area contributed by atoms with Crippen LogP contribution in [-0.2, 0) is 9.53 Å². The highest BCUT2D eigenvalue weighted by Crippen LogP contribution is 2.26. The molecule has 0 aromatic carbocycles. The number of hydrogen-bond acceptors (Lipinski definition) is 3. The molecule has 2 aliphatic rings. The predicted molar refractivity (Wildman–Crippen MR) is 87.6 cm³/mol. The number of amides is 1. The first-order valence-corrected chi connectivity index (χ1v) is 8.31. The summed E-state index contributed by atoms with van der Waals surface area (Å²) in [5.41, 5.74) is 5.75. The number of carbonyl (C=O) groups is 1. The van der Waals surface area contributed by atoms with E-state index in [1.807, 2.05) is 11.8 Å². The summed E-state index contributed by atoms with van der Waals surface area (Å²) in [6.45, 7) is 5.66. The largest absolute Gasteiger partial charge is 0.365 e. The zero-order chi connectivity index (χ0) is 14.5. The molecule has 0 aromatic rings. The van der Waals surface area contributed by atoms with E-state index < -0.39 is 0 Å². The van der Waals surface area contributed by atoms with Crippen molar-refractivity contribution >= 4 is 18.3 Å². The zero-order valence-electron chi connectivity index (χ0n) is 13.4. The van der Waals surface area contributed by atoms with Gasteiger partial charge in [0.25, 0.3) is 5.91 Å². The van der Waals surface area contributed by atoms with Crippen LogP contribution in [0.1, 0.15) is 58.8 Å². The van der Waals surface area contributed by atoms with Gasteiger partial charge in [-0.15, -0.1) is 12.4 Å². The summed E-state index contributed by atoms with van der Waals surface area (Å²) in [5, 5.41) is 0. The van der Waals surface area contributed by atoms with Crippen molar-refractivity contribution in [2.75, 3.05) is 13.1 Å². The van der Waals surface area contributed by atoms with E-state index in [1.165, 1.54) is 19.3 Å². The van der Waals surface area contributed by atoms with Gasteiger partial charge in [0.05, 0.1) is 6.10 Å². The molecule has 1 aliphatic heterocycles. The van der Waals surface area contributed by atoms with E-state index >= 15 is 0 Å². The monoisotopic (exact) mass is 318 g/mol. The van der Waals surface area contributed by atoms with Crippen molar-refractivity contribution in [2.24, 2.45) is 11.7 Å². The number of carbonyl (C=O) groups excluding carboxylic acids is 1. The van der Waals surface area contributed by atoms with Gasteiger partial charge in [0.2, 0.25) is 0 Å². The lowest BCUT2D eigenvalue weighted by molar-refractivity contribution is -0.149. The fraction of sp³-hybridized carbons (Fsp3) is 0.938. The smallest absolute Gasteiger partial charge is 0.251 e. The lowest BCUT2D eigenvalue weighted by Gasteiger charge is -2.30. The molecule has 1 saturated carbocycles. The Labute approximate surface area is 135 Å². The maximum Gasteiger partial charge on any atom is 0.251 e. The van der Waals surface area contributed by atoms with Gasteiger partial charge in [-0.3, -0.25) is 4.79 Å². The second-order valence-electron chi connectivity index (χ2n) is 6.47. The number of nitrogens with zero attached hydrogens (tertiary/aromatic N) is 1. The van der Waals surface area contributed by atoms with Gasteiger partial charge in [-0.1, -0.05) is 26.2 Å². The van der Waals surface area contributed by atoms with Gasteiger partial charge in [-0.2, -0.15) is 0 Å². The Kier molecular flexibility index (Phi) is 7.99. The van der Waals surface area contributed by atoms with Crippen LogP contribution in [0.5, 0.6) is 0 Å². The molecule has 2 rings (SSSR count). The highest BCUT2D eigenvalue weighted by molar-refractivity contribution is 5.85. The first kappa shape index (κ1) is 18.7. The number of halogens is 1. The van der Waals surface area contributed by atoms with Gasteiger partial charge in [-0.25, -0.2) is 0 Å². The van der Waals surface area contributed by atoms with Crippen LogP contribution in [0, 0.1) is 5.92 Å². The molecule has 21 heavy (non-hydrogen) atoms. The van der Waals surface area contributed by atoms with Crippen molar-refractivity contribution in [3.63, 3.8) is 0 Å². The number of hydrogen-bond donors (Lipinski definition) is 1. The number of nitrogens with two attached hydrogens (primary N) is 1. The fourth-order valence-corrected chi connectivity index (χ4v) is 3.57. The SMILES string of the molecule is CCC(OC1CCCCC1)C(=O)N1CC(CN)CC1C.Cl. The Morgan fingerprint density at radius 1 is 1.33 bits per heavy atom. The summed E-state index contributed by atoms with van der Waals surface area (Å²) >= 11 is 0. The summed E-state index contributed by atoms with van der Waals surface area (Å²) in [4.78, 5) is 14.7. The first-order chi connectivity index (χ1) is 9.65. The molecule has 1 amide bonds. The minimum Gasteiger partial charge on any atom is -0.365 e. The molecule has 3 atom stereocenters. The topological polar surface area (TPSA) is 55.6 Å². The molecule has 1 aliphatic carbocycles. The van der Waals surface area contributed by atoms with Crippen LogP contribution in [0.2, 0.25) is 0 Å². The summed E-state index contributed by atoms with van der Waals surface area (Å²) < 4.78 is 6.11. The molecular weight excluding hydrogens is 288 g/mol. The molecular formula is C16H31ClN2O2. The first-order valence-electron chi connectivity index (χ1n) is 8.31. The van der Waals surface area contributed by atoms with E-state index in [0.29, 0.717) is 24.6 Å². The molecule has 0 bridgehead atoms. The van der Waals surface area contributed by atoms with Crippen molar-refractivity contribution in [3.05, 3.63) is 0 Å². The van der Waals surface area contributed by atoms with Crippen LogP contribution in [0.3, 0.4) is 0 Å². The van der Waals surface area contributed by atoms with Crippen LogP contribution in [0.4, 0.5) is 0 Å². The quantitative estimate of drug-likeness (QED) is 0.848. The van der Waals surface area contributed by atoms with Gasteiger partial charge in [-0.05, 0) is 45.1 Å². The second kappa shape index (κ2) is 8.96. The summed E-state index contributed by atoms with van der Waals surface area (Å²) in [7, 11) is 0. The number of likely N-dealkylation sites (tertiary alicyclic amines) is 1. The molecule has 2 fully saturated rings. The van der Waals surface area contributed by atoms with Crippen LogP contribution >= 0.6 is 12.4 Å². The number of ether oxygens (including phenoxy) is 1. The maximum absolute atomic E-state index is 12.7. The zero-order valence-corrected chi connectivity index (χ0v) is 14.2. The summed E-state index contributed by atoms with van der Waals surface area (Å²) in [5.74, 6) is 0.641. The Morgan fingerprint density at radius 2 is 2.00 bits per heavy atom. The van der Waals surface area contributed by atoms with E-state index in [-0.39, 0.29) is 24.4 Å². The maximum atomic E-state index is 12.7. The molecule has 4 nitrogen and oxygen atoms in total. The van der Waals surface area contributed by atoms with Crippen LogP contribution in [0.25, 0.3) is 0 Å². The van der Waals surface area contributed by atoms with Crippen LogP contribution < -0.4 is 5.73 Å². The Hall–Kier alpha value is -0.320. The number of rotatable bonds is 5. The van der Waals surface area contributed by atoms with Gasteiger partial charge in [0.15, 0.2) is 0 Å². The third-order valence-electron chi connectivity index (χ3n) is 4.83.